The van der Waals surface area contributed by atoms with E-state index in [1.165, 1.54) is 26.4 Å². The van der Waals surface area contributed by atoms with Crippen molar-refractivity contribution in [2.75, 3.05) is 31.5 Å². The van der Waals surface area contributed by atoms with Gasteiger partial charge < -0.3 is 24.4 Å². The van der Waals surface area contributed by atoms with E-state index in [9.17, 15) is 14.0 Å². The van der Waals surface area contributed by atoms with E-state index in [2.05, 4.69) is 5.32 Å². The first kappa shape index (κ1) is 24.1. The van der Waals surface area contributed by atoms with Crippen molar-refractivity contribution in [1.82, 2.24) is 0 Å². The van der Waals surface area contributed by atoms with Crippen LogP contribution < -0.4 is 24.4 Å². The van der Waals surface area contributed by atoms with Gasteiger partial charge in [-0.15, -0.1) is 0 Å². The number of piperidine rings is 1. The number of anilines is 2. The Morgan fingerprint density at radius 2 is 1.57 bits per heavy atom. The summed E-state index contributed by atoms with van der Waals surface area (Å²) in [5.41, 5.74) is 1.75. The first-order valence-corrected chi connectivity index (χ1v) is 11.2. The number of amides is 2. The largest absolute Gasteiger partial charge is 0.497 e. The lowest BCUT2D eigenvalue weighted by Crippen LogP contribution is -2.47. The first-order chi connectivity index (χ1) is 16.9. The van der Waals surface area contributed by atoms with Gasteiger partial charge in [-0.2, -0.15) is 0 Å². The fraction of sp³-hybridized carbons (Fsp3) is 0.259. The number of hydrogen-bond donors (Lipinski definition) is 1. The molecule has 2 atom stereocenters. The van der Waals surface area contributed by atoms with Crippen LogP contribution in [0.5, 0.6) is 17.2 Å². The first-order valence-electron chi connectivity index (χ1n) is 11.2. The molecule has 7 nitrogen and oxygen atoms in total. The molecule has 3 aromatic rings. The minimum atomic E-state index is -0.637. The van der Waals surface area contributed by atoms with Gasteiger partial charge in [0, 0.05) is 18.2 Å². The molecule has 1 N–H and O–H groups in total. The Kier molecular flexibility index (Phi) is 7.19. The van der Waals surface area contributed by atoms with E-state index < -0.39 is 17.8 Å². The lowest BCUT2D eigenvalue weighted by Gasteiger charge is -2.41. The fourth-order valence-electron chi connectivity index (χ4n) is 4.39. The third-order valence-electron chi connectivity index (χ3n) is 6.16. The number of benzene rings is 3. The van der Waals surface area contributed by atoms with E-state index in [1.54, 1.807) is 66.6 Å². The predicted molar refractivity (Wildman–Crippen MR) is 131 cm³/mol. The molecule has 0 bridgehead atoms. The second kappa shape index (κ2) is 10.5. The topological polar surface area (TPSA) is 77.1 Å². The average molecular weight is 479 g/mol. The Balaban J connectivity index is 1.73. The van der Waals surface area contributed by atoms with Crippen molar-refractivity contribution in [3.05, 3.63) is 78.1 Å². The Hall–Kier alpha value is -4.07. The van der Waals surface area contributed by atoms with Gasteiger partial charge in [0.25, 0.3) is 0 Å². The van der Waals surface area contributed by atoms with Crippen molar-refractivity contribution in [2.45, 2.75) is 18.9 Å². The highest BCUT2D eigenvalue weighted by Crippen LogP contribution is 2.41. The fourth-order valence-corrected chi connectivity index (χ4v) is 4.39. The van der Waals surface area contributed by atoms with E-state index in [0.29, 0.717) is 40.6 Å². The molecule has 1 fully saturated rings. The number of carbonyl (C=O) groups excluding carboxylic acids is 2. The van der Waals surface area contributed by atoms with Crippen molar-refractivity contribution >= 4 is 23.2 Å². The number of hydrogen-bond acceptors (Lipinski definition) is 5. The molecule has 1 aliphatic heterocycles. The number of nitrogens with one attached hydrogen (secondary N) is 1. The summed E-state index contributed by atoms with van der Waals surface area (Å²) >= 11 is 0. The van der Waals surface area contributed by atoms with Crippen molar-refractivity contribution in [1.29, 1.82) is 0 Å². The van der Waals surface area contributed by atoms with E-state index in [4.69, 9.17) is 14.2 Å². The molecule has 0 radical (unpaired) electrons. The lowest BCUT2D eigenvalue weighted by molar-refractivity contribution is -0.125. The maximum atomic E-state index is 13.7. The van der Waals surface area contributed by atoms with Gasteiger partial charge in [-0.3, -0.25) is 9.59 Å². The molecule has 1 heterocycles. The van der Waals surface area contributed by atoms with Gasteiger partial charge in [-0.25, -0.2) is 4.39 Å². The molecular formula is C27H27FN2O5. The van der Waals surface area contributed by atoms with Crippen LogP contribution in [0.25, 0.3) is 0 Å². The molecule has 2 amide bonds. The summed E-state index contributed by atoms with van der Waals surface area (Å²) in [6, 6.07) is 17.5. The second-order valence-corrected chi connectivity index (χ2v) is 8.16. The molecule has 182 valence electrons. The number of methoxy groups -OCH3 is 3. The molecule has 1 aliphatic rings. The van der Waals surface area contributed by atoms with Gasteiger partial charge in [-0.1, -0.05) is 12.1 Å². The number of halogens is 1. The van der Waals surface area contributed by atoms with Crippen molar-refractivity contribution in [2.24, 2.45) is 5.92 Å². The molecule has 1 saturated heterocycles. The zero-order chi connectivity index (χ0) is 24.9. The average Bonchev–Trinajstić information content (AvgIpc) is 2.89. The summed E-state index contributed by atoms with van der Waals surface area (Å²) in [6.07, 6.45) is 0.530. The number of carbonyl (C=O) groups is 2. The number of nitrogens with zero attached hydrogens (tertiary/aromatic N) is 1. The van der Waals surface area contributed by atoms with E-state index in [0.717, 1.165) is 0 Å². The van der Waals surface area contributed by atoms with Crippen LogP contribution in [0, 0.1) is 11.7 Å². The Morgan fingerprint density at radius 1 is 0.914 bits per heavy atom. The van der Waals surface area contributed by atoms with Crippen molar-refractivity contribution in [3.63, 3.8) is 0 Å². The van der Waals surface area contributed by atoms with Crippen LogP contribution in [0.1, 0.15) is 24.4 Å². The summed E-state index contributed by atoms with van der Waals surface area (Å²) in [5, 5.41) is 2.95. The molecule has 3 aromatic carbocycles. The summed E-state index contributed by atoms with van der Waals surface area (Å²) in [6.45, 7) is 0. The van der Waals surface area contributed by atoms with Crippen LogP contribution in [-0.4, -0.2) is 33.1 Å². The van der Waals surface area contributed by atoms with Gasteiger partial charge in [0.05, 0.1) is 39.0 Å². The molecule has 0 saturated carbocycles. The molecule has 0 aliphatic carbocycles. The van der Waals surface area contributed by atoms with E-state index >= 15 is 0 Å². The maximum Gasteiger partial charge on any atom is 0.230 e. The summed E-state index contributed by atoms with van der Waals surface area (Å²) < 4.78 is 29.7. The molecule has 35 heavy (non-hydrogen) atoms. The van der Waals surface area contributed by atoms with Gasteiger partial charge in [-0.05, 0) is 60.5 Å². The van der Waals surface area contributed by atoms with Crippen LogP contribution in [0.15, 0.2) is 66.7 Å². The van der Waals surface area contributed by atoms with Gasteiger partial charge in [0.1, 0.15) is 23.1 Å². The van der Waals surface area contributed by atoms with Crippen LogP contribution in [0.4, 0.5) is 15.8 Å². The molecule has 0 spiro atoms. The minimum absolute atomic E-state index is 0.118. The number of rotatable bonds is 7. The smallest absolute Gasteiger partial charge is 0.230 e. The molecular weight excluding hydrogens is 451 g/mol. The van der Waals surface area contributed by atoms with E-state index in [1.807, 2.05) is 0 Å². The molecule has 0 unspecified atom stereocenters. The Labute approximate surface area is 203 Å². The standard InChI is InChI=1S/C27H27FN2O5/c1-33-20-10-8-19(9-11-20)30-25(31)15-13-22(26(30)17-4-6-18(28)7-5-17)27(32)29-23-16-21(34-2)12-14-24(23)35-3/h4-12,14,16,22,26H,13,15H2,1-3H3,(H,29,32)/t22-,26+/m1/s1. The SMILES string of the molecule is COc1ccc(N2C(=O)CC[C@@H](C(=O)Nc3cc(OC)ccc3OC)[C@@H]2c2ccc(F)cc2)cc1. The van der Waals surface area contributed by atoms with Gasteiger partial charge >= 0.3 is 0 Å². The van der Waals surface area contributed by atoms with Crippen LogP contribution >= 0.6 is 0 Å². The molecule has 8 heteroatoms. The third kappa shape index (κ3) is 5.06. The van der Waals surface area contributed by atoms with Gasteiger partial charge in [0.2, 0.25) is 11.8 Å². The van der Waals surface area contributed by atoms with Crippen LogP contribution in [0.2, 0.25) is 0 Å². The van der Waals surface area contributed by atoms with Crippen LogP contribution in [0.3, 0.4) is 0 Å². The van der Waals surface area contributed by atoms with E-state index in [-0.39, 0.29) is 18.2 Å². The lowest BCUT2D eigenvalue weighted by atomic mass is 9.83. The third-order valence-corrected chi connectivity index (χ3v) is 6.16. The monoisotopic (exact) mass is 478 g/mol. The highest BCUT2D eigenvalue weighted by atomic mass is 19.1. The van der Waals surface area contributed by atoms with Gasteiger partial charge in [0.15, 0.2) is 0 Å². The Morgan fingerprint density at radius 3 is 2.20 bits per heavy atom. The second-order valence-electron chi connectivity index (χ2n) is 8.16. The van der Waals surface area contributed by atoms with Crippen LogP contribution in [-0.2, 0) is 9.59 Å². The Bertz CT molecular complexity index is 1200. The predicted octanol–water partition coefficient (Wildman–Crippen LogP) is 4.97. The highest BCUT2D eigenvalue weighted by Gasteiger charge is 2.41. The zero-order valence-corrected chi connectivity index (χ0v) is 19.8. The molecule has 0 aromatic heterocycles. The van der Waals surface area contributed by atoms with Crippen molar-refractivity contribution in [3.8, 4) is 17.2 Å². The summed E-state index contributed by atoms with van der Waals surface area (Å²) in [5.74, 6) is 0.303. The number of ether oxygens (including phenoxy) is 3. The minimum Gasteiger partial charge on any atom is -0.497 e. The van der Waals surface area contributed by atoms with Crippen molar-refractivity contribution < 1.29 is 28.2 Å². The maximum absolute atomic E-state index is 13.7. The summed E-state index contributed by atoms with van der Waals surface area (Å²) in [4.78, 5) is 28.4. The quantitative estimate of drug-likeness (QED) is 0.519. The molecule has 4 rings (SSSR count). The zero-order valence-electron chi connectivity index (χ0n) is 19.8. The normalized spacial score (nSPS) is 17.6. The highest BCUT2D eigenvalue weighted by molar-refractivity contribution is 6.00. The summed E-state index contributed by atoms with van der Waals surface area (Å²) in [7, 11) is 4.62.